The van der Waals surface area contributed by atoms with Crippen molar-refractivity contribution in [3.8, 4) is 0 Å². The number of nitrogens with zero attached hydrogens (tertiary/aromatic N) is 3. The van der Waals surface area contributed by atoms with Crippen molar-refractivity contribution in [2.45, 2.75) is 18.5 Å². The summed E-state index contributed by atoms with van der Waals surface area (Å²) in [5, 5.41) is 9.70. The molecule has 0 aliphatic rings. The van der Waals surface area contributed by atoms with Gasteiger partial charge in [0, 0.05) is 32.2 Å². The molecule has 0 aromatic carbocycles. The Kier molecular flexibility index (Phi) is 5.92. The molecule has 0 saturated heterocycles. The molecule has 7 nitrogen and oxygen atoms in total. The summed E-state index contributed by atoms with van der Waals surface area (Å²) < 4.78 is 26.1. The van der Waals surface area contributed by atoms with E-state index in [9.17, 15) is 8.42 Å². The molecule has 2 N–H and O–H groups in total. The van der Waals surface area contributed by atoms with Gasteiger partial charge >= 0.3 is 0 Å². The Morgan fingerprint density at radius 1 is 1.32 bits per heavy atom. The van der Waals surface area contributed by atoms with Gasteiger partial charge in [-0.2, -0.15) is 9.40 Å². The standard InChI is InChI=1S/C11H23N5O2S/c1-5-12-8-10-9-13-14-11(10)19(17,18)16(4)7-6-15(2)3/h9,12H,5-8H2,1-4H3,(H,13,14). The van der Waals surface area contributed by atoms with Crippen molar-refractivity contribution in [2.75, 3.05) is 40.8 Å². The van der Waals surface area contributed by atoms with Crippen LogP contribution in [-0.2, 0) is 16.6 Å². The van der Waals surface area contributed by atoms with Gasteiger partial charge in [0.2, 0.25) is 0 Å². The van der Waals surface area contributed by atoms with Crippen LogP contribution in [0, 0.1) is 0 Å². The second-order valence-corrected chi connectivity index (χ2v) is 6.62. The second-order valence-electron chi connectivity index (χ2n) is 4.63. The van der Waals surface area contributed by atoms with Crippen LogP contribution in [-0.4, -0.2) is 68.6 Å². The number of hydrogen-bond donors (Lipinski definition) is 2. The van der Waals surface area contributed by atoms with Crippen molar-refractivity contribution in [2.24, 2.45) is 0 Å². The number of likely N-dealkylation sites (N-methyl/N-ethyl adjacent to an activating group) is 2. The molecule has 0 unspecified atom stereocenters. The lowest BCUT2D eigenvalue weighted by molar-refractivity contribution is 0.357. The predicted octanol–water partition coefficient (Wildman–Crippen LogP) is -0.299. The summed E-state index contributed by atoms with van der Waals surface area (Å²) >= 11 is 0. The minimum absolute atomic E-state index is 0.176. The maximum atomic E-state index is 12.4. The molecular formula is C11H23N5O2S. The van der Waals surface area contributed by atoms with E-state index in [1.165, 1.54) is 4.31 Å². The summed E-state index contributed by atoms with van der Waals surface area (Å²) in [7, 11) is 1.90. The summed E-state index contributed by atoms with van der Waals surface area (Å²) in [5.41, 5.74) is 0.665. The number of sulfonamides is 1. The molecule has 0 spiro atoms. The van der Waals surface area contributed by atoms with Crippen LogP contribution < -0.4 is 5.32 Å². The van der Waals surface area contributed by atoms with E-state index in [1.54, 1.807) is 13.2 Å². The molecule has 110 valence electrons. The minimum atomic E-state index is -3.50. The van der Waals surface area contributed by atoms with Gasteiger partial charge in [0.05, 0.1) is 6.20 Å². The van der Waals surface area contributed by atoms with Gasteiger partial charge in [-0.1, -0.05) is 6.92 Å². The van der Waals surface area contributed by atoms with Crippen molar-refractivity contribution < 1.29 is 8.42 Å². The molecule has 0 aliphatic carbocycles. The number of aromatic nitrogens is 2. The van der Waals surface area contributed by atoms with E-state index in [0.717, 1.165) is 6.54 Å². The van der Waals surface area contributed by atoms with Gasteiger partial charge in [-0.3, -0.25) is 5.10 Å². The van der Waals surface area contributed by atoms with E-state index in [4.69, 9.17) is 0 Å². The first kappa shape index (κ1) is 16.1. The number of hydrogen-bond acceptors (Lipinski definition) is 5. The second kappa shape index (κ2) is 6.99. The number of rotatable bonds is 8. The van der Waals surface area contributed by atoms with Crippen molar-refractivity contribution >= 4 is 10.0 Å². The average Bonchev–Trinajstić information content (AvgIpc) is 2.82. The minimum Gasteiger partial charge on any atom is -0.313 e. The third kappa shape index (κ3) is 4.27. The third-order valence-corrected chi connectivity index (χ3v) is 4.65. The van der Waals surface area contributed by atoms with E-state index >= 15 is 0 Å². The molecule has 1 aromatic heterocycles. The fourth-order valence-corrected chi connectivity index (χ4v) is 2.78. The largest absolute Gasteiger partial charge is 0.313 e. The zero-order valence-corrected chi connectivity index (χ0v) is 12.8. The maximum absolute atomic E-state index is 12.4. The summed E-state index contributed by atoms with van der Waals surface area (Å²) in [4.78, 5) is 1.94. The molecular weight excluding hydrogens is 266 g/mol. The van der Waals surface area contributed by atoms with Gasteiger partial charge in [-0.15, -0.1) is 0 Å². The molecule has 0 fully saturated rings. The predicted molar refractivity (Wildman–Crippen MR) is 74.3 cm³/mol. The van der Waals surface area contributed by atoms with Crippen LogP contribution in [0.5, 0.6) is 0 Å². The van der Waals surface area contributed by atoms with Gasteiger partial charge in [0.1, 0.15) is 0 Å². The topological polar surface area (TPSA) is 81.3 Å². The lowest BCUT2D eigenvalue weighted by atomic mass is 10.3. The normalized spacial score (nSPS) is 12.5. The van der Waals surface area contributed by atoms with Crippen molar-refractivity contribution in [3.05, 3.63) is 11.8 Å². The third-order valence-electron chi connectivity index (χ3n) is 2.77. The molecule has 8 heteroatoms. The highest BCUT2D eigenvalue weighted by atomic mass is 32.2. The lowest BCUT2D eigenvalue weighted by Crippen LogP contribution is -2.34. The SMILES string of the molecule is CCNCc1cn[nH]c1S(=O)(=O)N(C)CCN(C)C. The Hall–Kier alpha value is -0.960. The summed E-state index contributed by atoms with van der Waals surface area (Å²) in [6.07, 6.45) is 1.55. The first-order valence-electron chi connectivity index (χ1n) is 6.23. The molecule has 0 bridgehead atoms. The van der Waals surface area contributed by atoms with Gasteiger partial charge in [-0.05, 0) is 20.6 Å². The first-order valence-corrected chi connectivity index (χ1v) is 7.67. The summed E-state index contributed by atoms with van der Waals surface area (Å²) in [6.45, 7) is 4.35. The highest BCUT2D eigenvalue weighted by Crippen LogP contribution is 2.16. The van der Waals surface area contributed by atoms with Crippen LogP contribution in [0.3, 0.4) is 0 Å². The molecule has 0 radical (unpaired) electrons. The molecule has 19 heavy (non-hydrogen) atoms. The molecule has 1 heterocycles. The highest BCUT2D eigenvalue weighted by molar-refractivity contribution is 7.89. The summed E-state index contributed by atoms with van der Waals surface area (Å²) in [6, 6.07) is 0. The zero-order chi connectivity index (χ0) is 14.5. The van der Waals surface area contributed by atoms with Crippen LogP contribution in [0.1, 0.15) is 12.5 Å². The van der Waals surface area contributed by atoms with E-state index in [0.29, 0.717) is 25.2 Å². The fourth-order valence-electron chi connectivity index (χ4n) is 1.53. The number of aromatic amines is 1. The molecule has 1 rings (SSSR count). The van der Waals surface area contributed by atoms with Crippen LogP contribution in [0.15, 0.2) is 11.2 Å². The van der Waals surface area contributed by atoms with Crippen LogP contribution in [0.2, 0.25) is 0 Å². The Morgan fingerprint density at radius 3 is 2.58 bits per heavy atom. The van der Waals surface area contributed by atoms with Gasteiger partial charge in [-0.25, -0.2) is 8.42 Å². The lowest BCUT2D eigenvalue weighted by Gasteiger charge is -2.19. The van der Waals surface area contributed by atoms with Crippen LogP contribution >= 0.6 is 0 Å². The fraction of sp³-hybridized carbons (Fsp3) is 0.727. The smallest absolute Gasteiger partial charge is 0.260 e. The van der Waals surface area contributed by atoms with Crippen LogP contribution in [0.4, 0.5) is 0 Å². The molecule has 1 aromatic rings. The molecule has 0 amide bonds. The first-order chi connectivity index (χ1) is 8.89. The quantitative estimate of drug-likeness (QED) is 0.687. The molecule has 0 aliphatic heterocycles. The Bertz CT molecular complexity index is 483. The zero-order valence-electron chi connectivity index (χ0n) is 12.0. The van der Waals surface area contributed by atoms with Crippen molar-refractivity contribution in [3.63, 3.8) is 0 Å². The summed E-state index contributed by atoms with van der Waals surface area (Å²) in [5.74, 6) is 0. The maximum Gasteiger partial charge on any atom is 0.260 e. The molecule has 0 saturated carbocycles. The van der Waals surface area contributed by atoms with Gasteiger partial charge < -0.3 is 10.2 Å². The van der Waals surface area contributed by atoms with Gasteiger partial charge in [0.25, 0.3) is 10.0 Å². The van der Waals surface area contributed by atoms with Crippen LogP contribution in [0.25, 0.3) is 0 Å². The number of H-pyrrole nitrogens is 1. The van der Waals surface area contributed by atoms with E-state index < -0.39 is 10.0 Å². The molecule has 0 atom stereocenters. The van der Waals surface area contributed by atoms with Crippen molar-refractivity contribution in [1.29, 1.82) is 0 Å². The Morgan fingerprint density at radius 2 is 2.00 bits per heavy atom. The average molecular weight is 289 g/mol. The Labute approximate surface area is 115 Å². The number of nitrogens with one attached hydrogen (secondary N) is 2. The van der Waals surface area contributed by atoms with E-state index in [1.807, 2.05) is 25.9 Å². The van der Waals surface area contributed by atoms with E-state index in [2.05, 4.69) is 15.5 Å². The van der Waals surface area contributed by atoms with E-state index in [-0.39, 0.29) is 5.03 Å². The van der Waals surface area contributed by atoms with Crippen molar-refractivity contribution in [1.82, 2.24) is 24.7 Å². The highest BCUT2D eigenvalue weighted by Gasteiger charge is 2.25. The van der Waals surface area contributed by atoms with Gasteiger partial charge in [0.15, 0.2) is 5.03 Å². The monoisotopic (exact) mass is 289 g/mol. The Balaban J connectivity index is 2.84.